The summed E-state index contributed by atoms with van der Waals surface area (Å²) in [6.07, 6.45) is 1.12. The Morgan fingerprint density at radius 2 is 1.69 bits per heavy atom. The average molecular weight is 188 g/mol. The molecule has 0 atom stereocenters. The van der Waals surface area contributed by atoms with Crippen molar-refractivity contribution < 1.29 is 0 Å². The van der Waals surface area contributed by atoms with Gasteiger partial charge in [0.1, 0.15) is 0 Å². The predicted octanol–water partition coefficient (Wildman–Crippen LogP) is -0.748. The van der Waals surface area contributed by atoms with E-state index in [0.717, 1.165) is 32.6 Å². The molecule has 0 aromatic rings. The van der Waals surface area contributed by atoms with Crippen molar-refractivity contribution in [3.8, 4) is 0 Å². The maximum absolute atomic E-state index is 5.80. The summed E-state index contributed by atoms with van der Waals surface area (Å²) < 4.78 is 0. The zero-order chi connectivity index (χ0) is 10.2. The molecule has 80 valence electrons. The van der Waals surface area contributed by atoms with Crippen LogP contribution in [0.25, 0.3) is 0 Å². The quantitative estimate of drug-likeness (QED) is 0.378. The van der Waals surface area contributed by atoms with E-state index in [4.69, 9.17) is 11.5 Å². The zero-order valence-corrected chi connectivity index (χ0v) is 8.90. The van der Waals surface area contributed by atoms with Crippen molar-refractivity contribution in [2.75, 3.05) is 32.7 Å². The van der Waals surface area contributed by atoms with E-state index in [0.29, 0.717) is 6.54 Å². The van der Waals surface area contributed by atoms with Crippen LogP contribution in [0.4, 0.5) is 0 Å². The van der Waals surface area contributed by atoms with Crippen molar-refractivity contribution in [1.29, 1.82) is 0 Å². The molecule has 0 saturated carbocycles. The van der Waals surface area contributed by atoms with E-state index >= 15 is 0 Å². The van der Waals surface area contributed by atoms with E-state index in [1.54, 1.807) is 0 Å². The highest BCUT2D eigenvalue weighted by atomic mass is 14.9. The third kappa shape index (κ3) is 11.8. The van der Waals surface area contributed by atoms with Gasteiger partial charge in [-0.1, -0.05) is 0 Å². The van der Waals surface area contributed by atoms with E-state index in [9.17, 15) is 0 Å². The van der Waals surface area contributed by atoms with Crippen LogP contribution in [0.1, 0.15) is 20.3 Å². The van der Waals surface area contributed by atoms with Crippen LogP contribution in [0.3, 0.4) is 0 Å². The first-order valence-corrected chi connectivity index (χ1v) is 4.96. The molecule has 0 aliphatic heterocycles. The van der Waals surface area contributed by atoms with Crippen LogP contribution in [0.15, 0.2) is 0 Å². The summed E-state index contributed by atoms with van der Waals surface area (Å²) in [5, 5.41) is 6.54. The average Bonchev–Trinajstić information content (AvgIpc) is 2.01. The first-order chi connectivity index (χ1) is 6.06. The first-order valence-electron chi connectivity index (χ1n) is 4.96. The van der Waals surface area contributed by atoms with Crippen molar-refractivity contribution in [1.82, 2.24) is 10.6 Å². The van der Waals surface area contributed by atoms with E-state index in [2.05, 4.69) is 10.6 Å². The molecule has 0 saturated heterocycles. The fourth-order valence-electron chi connectivity index (χ4n) is 0.976. The van der Waals surface area contributed by atoms with Crippen molar-refractivity contribution in [2.45, 2.75) is 25.8 Å². The Bertz CT molecular complexity index is 109. The van der Waals surface area contributed by atoms with Gasteiger partial charge in [0, 0.05) is 25.2 Å². The first kappa shape index (κ1) is 12.8. The largest absolute Gasteiger partial charge is 0.329 e. The highest BCUT2D eigenvalue weighted by molar-refractivity contribution is 4.74. The summed E-state index contributed by atoms with van der Waals surface area (Å²) in [7, 11) is 0. The Labute approximate surface area is 81.4 Å². The van der Waals surface area contributed by atoms with Crippen molar-refractivity contribution in [2.24, 2.45) is 11.5 Å². The van der Waals surface area contributed by atoms with Gasteiger partial charge >= 0.3 is 0 Å². The fourth-order valence-corrected chi connectivity index (χ4v) is 0.976. The van der Waals surface area contributed by atoms with Crippen molar-refractivity contribution in [3.05, 3.63) is 0 Å². The molecule has 4 nitrogen and oxygen atoms in total. The zero-order valence-electron chi connectivity index (χ0n) is 8.90. The number of hydrogen-bond donors (Lipinski definition) is 4. The van der Waals surface area contributed by atoms with Crippen molar-refractivity contribution in [3.63, 3.8) is 0 Å². The van der Waals surface area contributed by atoms with Crippen LogP contribution in [0.5, 0.6) is 0 Å². The maximum atomic E-state index is 5.80. The molecule has 0 aliphatic carbocycles. The molecule has 0 bridgehead atoms. The number of rotatable bonds is 8. The summed E-state index contributed by atoms with van der Waals surface area (Å²) in [5.74, 6) is 0. The molecule has 0 fully saturated rings. The van der Waals surface area contributed by atoms with E-state index in [1.165, 1.54) is 0 Å². The van der Waals surface area contributed by atoms with Gasteiger partial charge in [-0.3, -0.25) is 0 Å². The van der Waals surface area contributed by atoms with Crippen LogP contribution >= 0.6 is 0 Å². The number of nitrogens with two attached hydrogens (primary N) is 2. The van der Waals surface area contributed by atoms with Gasteiger partial charge in [-0.05, 0) is 33.4 Å². The van der Waals surface area contributed by atoms with Crippen LogP contribution in [0, 0.1) is 0 Å². The topological polar surface area (TPSA) is 76.1 Å². The molecule has 0 amide bonds. The molecule has 0 radical (unpaired) electrons. The molecule has 0 aromatic heterocycles. The molecule has 0 aromatic carbocycles. The summed E-state index contributed by atoms with van der Waals surface area (Å²) in [5.41, 5.74) is 11.0. The second-order valence-electron chi connectivity index (χ2n) is 4.06. The molecule has 0 unspecified atom stereocenters. The molecular weight excluding hydrogens is 164 g/mol. The molecule has 0 spiro atoms. The van der Waals surface area contributed by atoms with Crippen LogP contribution in [0.2, 0.25) is 0 Å². The molecule has 4 heteroatoms. The molecule has 0 aliphatic rings. The Morgan fingerprint density at radius 1 is 1.08 bits per heavy atom. The van der Waals surface area contributed by atoms with E-state index in [1.807, 2.05) is 13.8 Å². The summed E-state index contributed by atoms with van der Waals surface area (Å²) in [6.45, 7) is 8.56. The van der Waals surface area contributed by atoms with Gasteiger partial charge in [0.2, 0.25) is 0 Å². The summed E-state index contributed by atoms with van der Waals surface area (Å²) in [6, 6.07) is 0. The van der Waals surface area contributed by atoms with Gasteiger partial charge in [-0.2, -0.15) is 0 Å². The summed E-state index contributed by atoms with van der Waals surface area (Å²) >= 11 is 0. The normalized spacial score (nSPS) is 12.0. The Hall–Kier alpha value is -0.160. The maximum Gasteiger partial charge on any atom is 0.0223 e. The standard InChI is InChI=1S/C9H24N4/c1-9(2,11)8-13-6-3-5-12-7-4-10/h12-13H,3-8,10-11H2,1-2H3. The number of nitrogens with one attached hydrogen (secondary N) is 2. The Kier molecular flexibility index (Phi) is 7.17. The van der Waals surface area contributed by atoms with Gasteiger partial charge in [-0.15, -0.1) is 0 Å². The lowest BCUT2D eigenvalue weighted by Crippen LogP contribution is -2.43. The van der Waals surface area contributed by atoms with Gasteiger partial charge in [0.25, 0.3) is 0 Å². The van der Waals surface area contributed by atoms with Crippen LogP contribution in [-0.4, -0.2) is 38.3 Å². The van der Waals surface area contributed by atoms with Gasteiger partial charge < -0.3 is 22.1 Å². The predicted molar refractivity (Wildman–Crippen MR) is 57.7 cm³/mol. The second-order valence-corrected chi connectivity index (χ2v) is 4.06. The van der Waals surface area contributed by atoms with Gasteiger partial charge in [-0.25, -0.2) is 0 Å². The minimum Gasteiger partial charge on any atom is -0.329 e. The van der Waals surface area contributed by atoms with Crippen LogP contribution < -0.4 is 22.1 Å². The number of hydrogen-bond acceptors (Lipinski definition) is 4. The lowest BCUT2D eigenvalue weighted by molar-refractivity contribution is 0.461. The minimum absolute atomic E-state index is 0.106. The molecule has 6 N–H and O–H groups in total. The van der Waals surface area contributed by atoms with Crippen LogP contribution in [-0.2, 0) is 0 Å². The fraction of sp³-hybridized carbons (Fsp3) is 1.00. The molecule has 0 heterocycles. The molecular formula is C9H24N4. The highest BCUT2D eigenvalue weighted by Gasteiger charge is 2.08. The highest BCUT2D eigenvalue weighted by Crippen LogP contribution is 1.91. The Morgan fingerprint density at radius 3 is 2.23 bits per heavy atom. The van der Waals surface area contributed by atoms with Crippen molar-refractivity contribution >= 4 is 0 Å². The Balaban J connectivity index is 3.00. The SMILES string of the molecule is CC(C)(N)CNCCCNCCN. The lowest BCUT2D eigenvalue weighted by Gasteiger charge is -2.18. The lowest BCUT2D eigenvalue weighted by atomic mass is 10.1. The monoisotopic (exact) mass is 188 g/mol. The van der Waals surface area contributed by atoms with E-state index in [-0.39, 0.29) is 5.54 Å². The third-order valence-electron chi connectivity index (χ3n) is 1.61. The molecule has 0 rings (SSSR count). The van der Waals surface area contributed by atoms with E-state index < -0.39 is 0 Å². The minimum atomic E-state index is -0.106. The second kappa shape index (κ2) is 7.26. The summed E-state index contributed by atoms with van der Waals surface area (Å²) in [4.78, 5) is 0. The van der Waals surface area contributed by atoms with Gasteiger partial charge in [0.05, 0.1) is 0 Å². The molecule has 13 heavy (non-hydrogen) atoms. The van der Waals surface area contributed by atoms with Gasteiger partial charge in [0.15, 0.2) is 0 Å². The smallest absolute Gasteiger partial charge is 0.0223 e. The third-order valence-corrected chi connectivity index (χ3v) is 1.61.